The Morgan fingerprint density at radius 1 is 1.55 bits per heavy atom. The average molecular weight is 319 g/mol. The summed E-state index contributed by atoms with van der Waals surface area (Å²) in [6.45, 7) is 2.78. The Balaban J connectivity index is 2.32. The van der Waals surface area contributed by atoms with E-state index in [1.165, 1.54) is 16.6 Å². The highest BCUT2D eigenvalue weighted by Crippen LogP contribution is 2.28. The average Bonchev–Trinajstić information content (AvgIpc) is 2.41. The van der Waals surface area contributed by atoms with E-state index in [0.29, 0.717) is 13.1 Å². The number of hydrogen-bond donors (Lipinski definition) is 2. The highest BCUT2D eigenvalue weighted by Gasteiger charge is 2.33. The maximum absolute atomic E-state index is 12.6. The van der Waals surface area contributed by atoms with Gasteiger partial charge in [0.15, 0.2) is 0 Å². The molecule has 0 aliphatic carbocycles. The van der Waals surface area contributed by atoms with Crippen molar-refractivity contribution in [2.75, 3.05) is 18.8 Å². The first kappa shape index (κ1) is 15.5. The molecule has 1 saturated heterocycles. The maximum Gasteiger partial charge on any atom is 0.246 e. The number of pyridine rings is 1. The third-order valence-corrected chi connectivity index (χ3v) is 5.73. The molecular formula is C12H19ClN4O2S. The molecule has 2 rings (SSSR count). The Kier molecular flexibility index (Phi) is 4.53. The van der Waals surface area contributed by atoms with Crippen LogP contribution in [0.25, 0.3) is 0 Å². The number of sulfonamides is 1. The zero-order valence-electron chi connectivity index (χ0n) is 11.3. The van der Waals surface area contributed by atoms with Crippen molar-refractivity contribution < 1.29 is 8.42 Å². The van der Waals surface area contributed by atoms with Crippen LogP contribution in [0.3, 0.4) is 0 Å². The van der Waals surface area contributed by atoms with Gasteiger partial charge in [0.1, 0.15) is 10.7 Å². The minimum absolute atomic E-state index is 0.0303. The van der Waals surface area contributed by atoms with Crippen molar-refractivity contribution in [2.45, 2.75) is 30.7 Å². The third kappa shape index (κ3) is 3.06. The number of aromatic nitrogens is 1. The third-order valence-electron chi connectivity index (χ3n) is 3.63. The molecule has 8 heteroatoms. The van der Waals surface area contributed by atoms with Gasteiger partial charge in [-0.1, -0.05) is 11.6 Å². The minimum Gasteiger partial charge on any atom is -0.383 e. The summed E-state index contributed by atoms with van der Waals surface area (Å²) in [4.78, 5) is 3.78. The zero-order valence-corrected chi connectivity index (χ0v) is 12.9. The normalized spacial score (nSPS) is 22.6. The molecule has 0 amide bonds. The molecule has 0 aromatic carbocycles. The van der Waals surface area contributed by atoms with Gasteiger partial charge >= 0.3 is 0 Å². The summed E-state index contributed by atoms with van der Waals surface area (Å²) >= 11 is 5.82. The van der Waals surface area contributed by atoms with E-state index in [0.717, 1.165) is 12.8 Å². The first-order valence-electron chi connectivity index (χ1n) is 6.49. The largest absolute Gasteiger partial charge is 0.383 e. The second-order valence-electron chi connectivity index (χ2n) is 5.16. The summed E-state index contributed by atoms with van der Waals surface area (Å²) in [7, 11) is -3.68. The topological polar surface area (TPSA) is 102 Å². The van der Waals surface area contributed by atoms with Gasteiger partial charge in [0.2, 0.25) is 10.0 Å². The highest BCUT2D eigenvalue weighted by atomic mass is 35.5. The van der Waals surface area contributed by atoms with Crippen molar-refractivity contribution in [1.82, 2.24) is 9.29 Å². The Morgan fingerprint density at radius 2 is 2.25 bits per heavy atom. The van der Waals surface area contributed by atoms with Crippen LogP contribution in [0.5, 0.6) is 0 Å². The van der Waals surface area contributed by atoms with Crippen LogP contribution in [0, 0.1) is 5.92 Å². The number of nitrogens with zero attached hydrogens (tertiary/aromatic N) is 2. The van der Waals surface area contributed by atoms with Crippen LogP contribution in [0.4, 0.5) is 5.82 Å². The van der Waals surface area contributed by atoms with Crippen molar-refractivity contribution in [3.63, 3.8) is 0 Å². The fourth-order valence-corrected chi connectivity index (χ4v) is 4.25. The molecule has 2 atom stereocenters. The lowest BCUT2D eigenvalue weighted by Gasteiger charge is -2.33. The van der Waals surface area contributed by atoms with Crippen LogP contribution in [0.1, 0.15) is 19.8 Å². The molecule has 0 spiro atoms. The molecule has 112 valence electrons. The molecule has 1 fully saturated rings. The van der Waals surface area contributed by atoms with Gasteiger partial charge in [-0.15, -0.1) is 0 Å². The van der Waals surface area contributed by atoms with E-state index in [1.807, 2.05) is 6.92 Å². The van der Waals surface area contributed by atoms with Crippen molar-refractivity contribution in [3.05, 3.63) is 17.3 Å². The number of nitrogen functional groups attached to an aromatic ring is 1. The van der Waals surface area contributed by atoms with Gasteiger partial charge < -0.3 is 11.5 Å². The monoisotopic (exact) mass is 318 g/mol. The van der Waals surface area contributed by atoms with Crippen LogP contribution < -0.4 is 11.5 Å². The van der Waals surface area contributed by atoms with Crippen LogP contribution in [-0.4, -0.2) is 36.8 Å². The lowest BCUT2D eigenvalue weighted by Crippen LogP contribution is -2.45. The Bertz CT molecular complexity index is 591. The molecule has 4 N–H and O–H groups in total. The molecule has 0 radical (unpaired) electrons. The predicted molar refractivity (Wildman–Crippen MR) is 78.8 cm³/mol. The van der Waals surface area contributed by atoms with Crippen molar-refractivity contribution in [1.29, 1.82) is 0 Å². The number of anilines is 1. The van der Waals surface area contributed by atoms with Crippen molar-refractivity contribution >= 4 is 27.4 Å². The lowest BCUT2D eigenvalue weighted by molar-refractivity contribution is 0.243. The molecule has 2 heterocycles. The van der Waals surface area contributed by atoms with E-state index in [9.17, 15) is 8.42 Å². The summed E-state index contributed by atoms with van der Waals surface area (Å²) in [6.07, 6.45) is 3.06. The van der Waals surface area contributed by atoms with E-state index >= 15 is 0 Å². The van der Waals surface area contributed by atoms with Crippen LogP contribution in [0.15, 0.2) is 17.2 Å². The van der Waals surface area contributed by atoms with Crippen molar-refractivity contribution in [3.8, 4) is 0 Å². The molecule has 1 aromatic rings. The second-order valence-corrected chi connectivity index (χ2v) is 7.50. The van der Waals surface area contributed by atoms with Gasteiger partial charge in [0.25, 0.3) is 0 Å². The number of nitrogens with two attached hydrogens (primary N) is 2. The van der Waals surface area contributed by atoms with Crippen molar-refractivity contribution in [2.24, 2.45) is 11.7 Å². The van der Waals surface area contributed by atoms with Gasteiger partial charge in [-0.25, -0.2) is 13.4 Å². The number of hydrogen-bond acceptors (Lipinski definition) is 5. The summed E-state index contributed by atoms with van der Waals surface area (Å²) in [5.74, 6) is 0.129. The quantitative estimate of drug-likeness (QED) is 0.867. The number of halogens is 1. The minimum atomic E-state index is -3.68. The number of rotatable bonds is 3. The predicted octanol–water partition coefficient (Wildman–Crippen LogP) is 1.07. The molecule has 1 aromatic heterocycles. The Labute approximate surface area is 124 Å². The fraction of sp³-hybridized carbons (Fsp3) is 0.583. The van der Waals surface area contributed by atoms with Gasteiger partial charge in [0, 0.05) is 25.3 Å². The SMILES string of the molecule is CC(N)C1CCCN(S(=O)(=O)c2cc(Cl)cnc2N)C1. The molecular weight excluding hydrogens is 300 g/mol. The standard InChI is InChI=1S/C12H19ClN4O2S/c1-8(14)9-3-2-4-17(7-9)20(18,19)11-5-10(13)6-16-12(11)15/h5-6,8-9H,2-4,7,14H2,1H3,(H2,15,16). The van der Waals surface area contributed by atoms with E-state index in [4.69, 9.17) is 23.1 Å². The number of piperidine rings is 1. The van der Waals surface area contributed by atoms with E-state index in [1.54, 1.807) is 0 Å². The van der Waals surface area contributed by atoms with Gasteiger partial charge in [0.05, 0.1) is 5.02 Å². The van der Waals surface area contributed by atoms with Gasteiger partial charge in [-0.2, -0.15) is 4.31 Å². The summed E-state index contributed by atoms with van der Waals surface area (Å²) in [5.41, 5.74) is 11.6. The molecule has 0 bridgehead atoms. The van der Waals surface area contributed by atoms with E-state index < -0.39 is 10.0 Å². The summed E-state index contributed by atoms with van der Waals surface area (Å²) < 4.78 is 26.7. The van der Waals surface area contributed by atoms with Crippen LogP contribution in [-0.2, 0) is 10.0 Å². The Hall–Kier alpha value is -0.890. The second kappa shape index (κ2) is 5.85. The smallest absolute Gasteiger partial charge is 0.246 e. The van der Waals surface area contributed by atoms with Gasteiger partial charge in [-0.3, -0.25) is 0 Å². The van der Waals surface area contributed by atoms with Crippen LogP contribution in [0.2, 0.25) is 5.02 Å². The summed E-state index contributed by atoms with van der Waals surface area (Å²) in [6, 6.07) is 1.30. The zero-order chi connectivity index (χ0) is 14.9. The molecule has 1 aliphatic rings. The first-order chi connectivity index (χ1) is 9.32. The maximum atomic E-state index is 12.6. The lowest BCUT2D eigenvalue weighted by atomic mass is 9.93. The van der Waals surface area contributed by atoms with Gasteiger partial charge in [-0.05, 0) is 31.7 Å². The summed E-state index contributed by atoms with van der Waals surface area (Å²) in [5, 5.41) is 0.249. The molecule has 1 aliphatic heterocycles. The van der Waals surface area contributed by atoms with E-state index in [-0.39, 0.29) is 27.7 Å². The molecule has 20 heavy (non-hydrogen) atoms. The van der Waals surface area contributed by atoms with E-state index in [2.05, 4.69) is 4.98 Å². The molecule has 2 unspecified atom stereocenters. The Morgan fingerprint density at radius 3 is 2.90 bits per heavy atom. The highest BCUT2D eigenvalue weighted by molar-refractivity contribution is 7.89. The molecule has 6 nitrogen and oxygen atoms in total. The van der Waals surface area contributed by atoms with Crippen LogP contribution >= 0.6 is 11.6 Å². The first-order valence-corrected chi connectivity index (χ1v) is 8.31. The fourth-order valence-electron chi connectivity index (χ4n) is 2.40. The molecule has 0 saturated carbocycles.